The molecule has 0 radical (unpaired) electrons. The van der Waals surface area contributed by atoms with E-state index in [9.17, 15) is 14.4 Å². The van der Waals surface area contributed by atoms with Gasteiger partial charge in [-0.05, 0) is 6.42 Å². The van der Waals surface area contributed by atoms with Crippen LogP contribution in [0, 0.1) is 11.3 Å². The predicted molar refractivity (Wildman–Crippen MR) is 55.7 cm³/mol. The lowest BCUT2D eigenvalue weighted by Gasteiger charge is -2.10. The molecule has 1 saturated carbocycles. The van der Waals surface area contributed by atoms with Crippen molar-refractivity contribution in [3.63, 3.8) is 0 Å². The van der Waals surface area contributed by atoms with Crippen LogP contribution in [0.25, 0.3) is 0 Å². The van der Waals surface area contributed by atoms with Crippen LogP contribution >= 0.6 is 0 Å². The fourth-order valence-corrected chi connectivity index (χ4v) is 1.70. The first-order valence-corrected chi connectivity index (χ1v) is 4.96. The number of carbonyl (C=O) groups is 3. The van der Waals surface area contributed by atoms with Crippen molar-refractivity contribution in [2.75, 3.05) is 21.3 Å². The minimum absolute atomic E-state index is 0.278. The lowest BCUT2D eigenvalue weighted by Crippen LogP contribution is -2.30. The molecule has 0 saturated heterocycles. The second kappa shape index (κ2) is 4.99. The van der Waals surface area contributed by atoms with Crippen molar-refractivity contribution in [3.05, 3.63) is 12.2 Å². The van der Waals surface area contributed by atoms with E-state index in [-0.39, 0.29) is 12.3 Å². The quantitative estimate of drug-likeness (QED) is 0.300. The molecule has 0 aromatic rings. The standard InChI is InChI=1S/C11H14O6/c1-15-8(12)5-4-7-6-11(7,9(13)16-2)10(14)17-3/h4-5,7H,6H2,1-3H3/b5-4+. The van der Waals surface area contributed by atoms with Gasteiger partial charge in [-0.1, -0.05) is 6.08 Å². The Morgan fingerprint density at radius 2 is 1.59 bits per heavy atom. The maximum Gasteiger partial charge on any atom is 0.330 e. The highest BCUT2D eigenvalue weighted by Crippen LogP contribution is 2.55. The summed E-state index contributed by atoms with van der Waals surface area (Å²) in [6.45, 7) is 0. The average Bonchev–Trinajstić information content (AvgIpc) is 3.09. The highest BCUT2D eigenvalue weighted by atomic mass is 16.5. The fourth-order valence-electron chi connectivity index (χ4n) is 1.70. The molecule has 0 bridgehead atoms. The van der Waals surface area contributed by atoms with Gasteiger partial charge in [0.05, 0.1) is 21.3 Å². The van der Waals surface area contributed by atoms with E-state index < -0.39 is 23.3 Å². The van der Waals surface area contributed by atoms with Crippen LogP contribution in [0.4, 0.5) is 0 Å². The first-order valence-electron chi connectivity index (χ1n) is 4.96. The summed E-state index contributed by atoms with van der Waals surface area (Å²) < 4.78 is 13.6. The normalized spacial score (nSPS) is 20.8. The number of hydrogen-bond acceptors (Lipinski definition) is 6. The Balaban J connectivity index is 2.80. The van der Waals surface area contributed by atoms with E-state index in [1.54, 1.807) is 0 Å². The number of allylic oxidation sites excluding steroid dienone is 1. The molecule has 0 aliphatic heterocycles. The Bertz CT molecular complexity index is 354. The Morgan fingerprint density at radius 1 is 1.06 bits per heavy atom. The average molecular weight is 242 g/mol. The summed E-state index contributed by atoms with van der Waals surface area (Å²) >= 11 is 0. The van der Waals surface area contributed by atoms with Gasteiger partial charge in [0.2, 0.25) is 0 Å². The van der Waals surface area contributed by atoms with Gasteiger partial charge in [0, 0.05) is 12.0 Å². The molecule has 1 atom stereocenters. The minimum Gasteiger partial charge on any atom is -0.468 e. The first kappa shape index (κ1) is 13.2. The highest BCUT2D eigenvalue weighted by Gasteiger charge is 2.66. The van der Waals surface area contributed by atoms with Crippen molar-refractivity contribution >= 4 is 17.9 Å². The van der Waals surface area contributed by atoms with Gasteiger partial charge in [-0.15, -0.1) is 0 Å². The van der Waals surface area contributed by atoms with Gasteiger partial charge in [-0.25, -0.2) is 4.79 Å². The van der Waals surface area contributed by atoms with Gasteiger partial charge in [-0.3, -0.25) is 9.59 Å². The lowest BCUT2D eigenvalue weighted by atomic mass is 10.0. The maximum atomic E-state index is 11.5. The van der Waals surface area contributed by atoms with Crippen LogP contribution in [-0.2, 0) is 28.6 Å². The van der Waals surface area contributed by atoms with Crippen molar-refractivity contribution in [3.8, 4) is 0 Å². The molecule has 0 aromatic heterocycles. The second-order valence-electron chi connectivity index (χ2n) is 3.65. The third kappa shape index (κ3) is 2.30. The number of ether oxygens (including phenoxy) is 3. The topological polar surface area (TPSA) is 78.9 Å². The van der Waals surface area contributed by atoms with Gasteiger partial charge >= 0.3 is 17.9 Å². The third-order valence-corrected chi connectivity index (χ3v) is 2.78. The van der Waals surface area contributed by atoms with Crippen LogP contribution in [0.1, 0.15) is 6.42 Å². The van der Waals surface area contributed by atoms with Gasteiger partial charge in [0.25, 0.3) is 0 Å². The number of esters is 3. The van der Waals surface area contributed by atoms with E-state index in [4.69, 9.17) is 0 Å². The lowest BCUT2D eigenvalue weighted by molar-refractivity contribution is -0.161. The van der Waals surface area contributed by atoms with E-state index in [2.05, 4.69) is 14.2 Å². The molecule has 0 heterocycles. The van der Waals surface area contributed by atoms with Crippen molar-refractivity contribution < 1.29 is 28.6 Å². The van der Waals surface area contributed by atoms with Gasteiger partial charge in [0.15, 0.2) is 5.41 Å². The zero-order valence-corrected chi connectivity index (χ0v) is 9.89. The Kier molecular flexibility index (Phi) is 3.88. The highest BCUT2D eigenvalue weighted by molar-refractivity contribution is 6.04. The third-order valence-electron chi connectivity index (χ3n) is 2.78. The predicted octanol–water partition coefficient (Wildman–Crippen LogP) is 0.0679. The van der Waals surface area contributed by atoms with Gasteiger partial charge in [-0.2, -0.15) is 0 Å². The molecule has 6 heteroatoms. The van der Waals surface area contributed by atoms with Crippen LogP contribution in [0.5, 0.6) is 0 Å². The summed E-state index contributed by atoms with van der Waals surface area (Å²) in [5.41, 5.74) is -1.30. The van der Waals surface area contributed by atoms with Gasteiger partial charge < -0.3 is 14.2 Å². The fraction of sp³-hybridized carbons (Fsp3) is 0.545. The molecule has 0 aromatic carbocycles. The maximum absolute atomic E-state index is 11.5. The summed E-state index contributed by atoms with van der Waals surface area (Å²) in [6, 6.07) is 0. The van der Waals surface area contributed by atoms with Crippen LogP contribution in [0.3, 0.4) is 0 Å². The molecular formula is C11H14O6. The SMILES string of the molecule is COC(=O)/C=C/C1CC1(C(=O)OC)C(=O)OC. The summed E-state index contributed by atoms with van der Waals surface area (Å²) in [6.07, 6.45) is 2.91. The van der Waals surface area contributed by atoms with Crippen LogP contribution in [-0.4, -0.2) is 39.2 Å². The molecule has 1 fully saturated rings. The summed E-state index contributed by atoms with van der Waals surface area (Å²) in [5, 5.41) is 0. The van der Waals surface area contributed by atoms with Crippen LogP contribution < -0.4 is 0 Å². The first-order chi connectivity index (χ1) is 8.02. The smallest absolute Gasteiger partial charge is 0.330 e. The minimum atomic E-state index is -1.30. The van der Waals surface area contributed by atoms with Crippen LogP contribution in [0.15, 0.2) is 12.2 Å². The summed E-state index contributed by atoms with van der Waals surface area (Å²) in [4.78, 5) is 34.0. The molecule has 6 nitrogen and oxygen atoms in total. The molecule has 0 spiro atoms. The van der Waals surface area contributed by atoms with E-state index >= 15 is 0 Å². The van der Waals surface area contributed by atoms with Crippen molar-refractivity contribution in [1.29, 1.82) is 0 Å². The number of hydrogen-bond donors (Lipinski definition) is 0. The monoisotopic (exact) mass is 242 g/mol. The summed E-state index contributed by atoms with van der Waals surface area (Å²) in [7, 11) is 3.65. The molecule has 94 valence electrons. The van der Waals surface area contributed by atoms with E-state index in [0.29, 0.717) is 0 Å². The van der Waals surface area contributed by atoms with Gasteiger partial charge in [0.1, 0.15) is 0 Å². The molecule has 1 rings (SSSR count). The van der Waals surface area contributed by atoms with E-state index in [1.165, 1.54) is 33.5 Å². The Hall–Kier alpha value is -1.85. The molecule has 0 amide bonds. The molecule has 1 aliphatic carbocycles. The largest absolute Gasteiger partial charge is 0.468 e. The van der Waals surface area contributed by atoms with Crippen LogP contribution in [0.2, 0.25) is 0 Å². The van der Waals surface area contributed by atoms with Crippen molar-refractivity contribution in [2.45, 2.75) is 6.42 Å². The number of rotatable bonds is 4. The Labute approximate surface area is 98.5 Å². The molecule has 1 aliphatic rings. The molecular weight excluding hydrogens is 228 g/mol. The molecule has 1 unspecified atom stereocenters. The number of carbonyl (C=O) groups excluding carboxylic acids is 3. The van der Waals surface area contributed by atoms with E-state index in [1.807, 2.05) is 0 Å². The molecule has 0 N–H and O–H groups in total. The van der Waals surface area contributed by atoms with Crippen molar-refractivity contribution in [2.24, 2.45) is 11.3 Å². The van der Waals surface area contributed by atoms with Crippen molar-refractivity contribution in [1.82, 2.24) is 0 Å². The molecule has 17 heavy (non-hydrogen) atoms. The summed E-state index contributed by atoms with van der Waals surface area (Å²) in [5.74, 6) is -2.23. The zero-order valence-electron chi connectivity index (χ0n) is 9.89. The second-order valence-corrected chi connectivity index (χ2v) is 3.65. The zero-order chi connectivity index (χ0) is 13.1. The number of methoxy groups -OCH3 is 3. The van der Waals surface area contributed by atoms with E-state index in [0.717, 1.165) is 0 Å². The Morgan fingerprint density at radius 3 is 2.00 bits per heavy atom.